The minimum atomic E-state index is -3.27. The summed E-state index contributed by atoms with van der Waals surface area (Å²) in [6, 6.07) is 0. The van der Waals surface area contributed by atoms with Gasteiger partial charge in [0.15, 0.2) is 0 Å². The normalized spacial score (nSPS) is 28.6. The maximum Gasteiger partial charge on any atom is 0.214 e. The second-order valence-corrected chi connectivity index (χ2v) is 6.98. The summed E-state index contributed by atoms with van der Waals surface area (Å²) in [5.41, 5.74) is 5.33. The maximum atomic E-state index is 12.1. The summed E-state index contributed by atoms with van der Waals surface area (Å²) in [4.78, 5) is 0. The maximum absolute atomic E-state index is 12.1. The molecule has 1 aliphatic carbocycles. The largest absolute Gasteiger partial charge is 0.377 e. The third-order valence-corrected chi connectivity index (χ3v) is 5.31. The Hall–Kier alpha value is -0.170. The Kier molecular flexibility index (Phi) is 4.07. The van der Waals surface area contributed by atoms with Crippen LogP contribution in [0.2, 0.25) is 0 Å². The molecule has 2 aliphatic rings. The van der Waals surface area contributed by atoms with Crippen molar-refractivity contribution in [2.45, 2.75) is 50.2 Å². The van der Waals surface area contributed by atoms with Crippen molar-refractivity contribution < 1.29 is 13.2 Å². The second kappa shape index (κ2) is 5.22. The molecule has 1 saturated carbocycles. The average molecular weight is 262 g/mol. The van der Waals surface area contributed by atoms with E-state index >= 15 is 0 Å². The fourth-order valence-electron chi connectivity index (χ4n) is 2.79. The van der Waals surface area contributed by atoms with Crippen molar-refractivity contribution in [1.29, 1.82) is 0 Å². The van der Waals surface area contributed by atoms with Crippen LogP contribution >= 0.6 is 0 Å². The van der Waals surface area contributed by atoms with Gasteiger partial charge in [-0.05, 0) is 25.7 Å². The van der Waals surface area contributed by atoms with Gasteiger partial charge in [0, 0.05) is 18.7 Å². The van der Waals surface area contributed by atoms with E-state index in [1.807, 2.05) is 0 Å². The van der Waals surface area contributed by atoms with Crippen molar-refractivity contribution in [2.75, 3.05) is 18.9 Å². The number of sulfonamides is 1. The predicted molar refractivity (Wildman–Crippen MR) is 66.1 cm³/mol. The minimum absolute atomic E-state index is 0.0781. The quantitative estimate of drug-likeness (QED) is 0.749. The van der Waals surface area contributed by atoms with Crippen LogP contribution in [0.3, 0.4) is 0 Å². The summed E-state index contributed by atoms with van der Waals surface area (Å²) < 4.78 is 32.3. The molecular weight excluding hydrogens is 240 g/mol. The van der Waals surface area contributed by atoms with Gasteiger partial charge in [0.2, 0.25) is 10.0 Å². The van der Waals surface area contributed by atoms with E-state index in [1.54, 1.807) is 0 Å². The molecule has 17 heavy (non-hydrogen) atoms. The fraction of sp³-hybridized carbons (Fsp3) is 1.00. The number of nitrogens with two attached hydrogens (primary N) is 1. The van der Waals surface area contributed by atoms with Gasteiger partial charge in [-0.3, -0.25) is 0 Å². The molecule has 0 aromatic rings. The molecule has 1 aliphatic heterocycles. The van der Waals surface area contributed by atoms with Gasteiger partial charge in [-0.1, -0.05) is 12.8 Å². The van der Waals surface area contributed by atoms with Gasteiger partial charge in [-0.25, -0.2) is 13.1 Å². The number of hydrogen-bond donors (Lipinski definition) is 2. The smallest absolute Gasteiger partial charge is 0.214 e. The number of hydrogen-bond acceptors (Lipinski definition) is 4. The topological polar surface area (TPSA) is 81.4 Å². The molecule has 0 bridgehead atoms. The Morgan fingerprint density at radius 1 is 1.29 bits per heavy atom. The summed E-state index contributed by atoms with van der Waals surface area (Å²) in [6.45, 7) is 1.07. The zero-order chi connectivity index (χ0) is 12.4. The van der Waals surface area contributed by atoms with Crippen LogP contribution in [-0.2, 0) is 14.8 Å². The second-order valence-electron chi connectivity index (χ2n) is 5.21. The highest BCUT2D eigenvalue weighted by Crippen LogP contribution is 2.29. The molecule has 2 rings (SSSR count). The van der Waals surface area contributed by atoms with E-state index in [0.717, 1.165) is 38.5 Å². The molecule has 0 aromatic heterocycles. The highest BCUT2D eigenvalue weighted by atomic mass is 32.2. The molecule has 3 N–H and O–H groups in total. The first-order valence-electron chi connectivity index (χ1n) is 6.39. The van der Waals surface area contributed by atoms with E-state index in [4.69, 9.17) is 10.5 Å². The van der Waals surface area contributed by atoms with Crippen LogP contribution < -0.4 is 10.5 Å². The van der Waals surface area contributed by atoms with Crippen molar-refractivity contribution in [3.05, 3.63) is 0 Å². The van der Waals surface area contributed by atoms with Gasteiger partial charge in [-0.2, -0.15) is 0 Å². The summed E-state index contributed by atoms with van der Waals surface area (Å²) >= 11 is 0. The minimum Gasteiger partial charge on any atom is -0.377 e. The van der Waals surface area contributed by atoms with Gasteiger partial charge < -0.3 is 10.5 Å². The number of nitrogens with one attached hydrogen (secondary N) is 1. The highest BCUT2D eigenvalue weighted by Gasteiger charge is 2.37. The Labute approximate surface area is 103 Å². The SMILES string of the molecule is NCC1(NS(=O)(=O)CC2CCCO2)CCCC1. The average Bonchev–Trinajstić information content (AvgIpc) is 2.89. The molecule has 5 nitrogen and oxygen atoms in total. The van der Waals surface area contributed by atoms with E-state index in [2.05, 4.69) is 4.72 Å². The molecule has 6 heteroatoms. The van der Waals surface area contributed by atoms with Crippen molar-refractivity contribution >= 4 is 10.0 Å². The van der Waals surface area contributed by atoms with Crippen LogP contribution in [0.25, 0.3) is 0 Å². The molecule has 1 atom stereocenters. The third-order valence-electron chi connectivity index (χ3n) is 3.75. The van der Waals surface area contributed by atoms with Crippen molar-refractivity contribution in [3.63, 3.8) is 0 Å². The molecule has 100 valence electrons. The summed E-state index contributed by atoms with van der Waals surface area (Å²) in [5.74, 6) is 0.0781. The lowest BCUT2D eigenvalue weighted by atomic mass is 10.0. The van der Waals surface area contributed by atoms with Crippen LogP contribution in [0, 0.1) is 0 Å². The molecule has 0 amide bonds. The van der Waals surface area contributed by atoms with Gasteiger partial charge in [-0.15, -0.1) is 0 Å². The van der Waals surface area contributed by atoms with Crippen molar-refractivity contribution in [3.8, 4) is 0 Å². The molecule has 0 aromatic carbocycles. The first kappa shape index (κ1) is 13.3. The van der Waals surface area contributed by atoms with Gasteiger partial charge in [0.1, 0.15) is 0 Å². The molecule has 1 saturated heterocycles. The van der Waals surface area contributed by atoms with E-state index < -0.39 is 15.6 Å². The standard InChI is InChI=1S/C11H22N2O3S/c12-9-11(5-1-2-6-11)13-17(14,15)8-10-4-3-7-16-10/h10,13H,1-9,12H2. The van der Waals surface area contributed by atoms with E-state index in [0.29, 0.717) is 13.2 Å². The van der Waals surface area contributed by atoms with Gasteiger partial charge in [0.05, 0.1) is 11.9 Å². The van der Waals surface area contributed by atoms with Crippen LogP contribution in [0.5, 0.6) is 0 Å². The zero-order valence-electron chi connectivity index (χ0n) is 10.2. The first-order chi connectivity index (χ1) is 8.05. The van der Waals surface area contributed by atoms with Crippen LogP contribution in [-0.4, -0.2) is 39.0 Å². The fourth-order valence-corrected chi connectivity index (χ4v) is 4.57. The van der Waals surface area contributed by atoms with Gasteiger partial charge >= 0.3 is 0 Å². The Bertz CT molecular complexity index is 344. The molecular formula is C11H22N2O3S. The first-order valence-corrected chi connectivity index (χ1v) is 8.04. The molecule has 0 spiro atoms. The van der Waals surface area contributed by atoms with E-state index in [-0.39, 0.29) is 11.9 Å². The third kappa shape index (κ3) is 3.40. The number of ether oxygens (including phenoxy) is 1. The Morgan fingerprint density at radius 2 is 2.00 bits per heavy atom. The van der Waals surface area contributed by atoms with Crippen LogP contribution in [0.4, 0.5) is 0 Å². The summed E-state index contributed by atoms with van der Waals surface area (Å²) in [7, 11) is -3.27. The van der Waals surface area contributed by atoms with E-state index in [1.165, 1.54) is 0 Å². The highest BCUT2D eigenvalue weighted by molar-refractivity contribution is 7.89. The van der Waals surface area contributed by atoms with Crippen molar-refractivity contribution in [2.24, 2.45) is 5.73 Å². The Balaban J connectivity index is 1.95. The summed E-state index contributed by atoms with van der Waals surface area (Å²) in [5, 5.41) is 0. The Morgan fingerprint density at radius 3 is 2.53 bits per heavy atom. The van der Waals surface area contributed by atoms with Crippen LogP contribution in [0.1, 0.15) is 38.5 Å². The predicted octanol–water partition coefficient (Wildman–Crippen LogP) is 0.356. The van der Waals surface area contributed by atoms with Crippen LogP contribution in [0.15, 0.2) is 0 Å². The lowest BCUT2D eigenvalue weighted by molar-refractivity contribution is 0.127. The monoisotopic (exact) mass is 262 g/mol. The summed E-state index contributed by atoms with van der Waals surface area (Å²) in [6.07, 6.45) is 5.49. The molecule has 1 heterocycles. The molecule has 1 unspecified atom stereocenters. The zero-order valence-corrected chi connectivity index (χ0v) is 11.0. The lowest BCUT2D eigenvalue weighted by Gasteiger charge is -2.28. The number of rotatable bonds is 5. The van der Waals surface area contributed by atoms with Crippen molar-refractivity contribution in [1.82, 2.24) is 4.72 Å². The molecule has 0 radical (unpaired) electrons. The lowest BCUT2D eigenvalue weighted by Crippen LogP contribution is -2.53. The van der Waals surface area contributed by atoms with E-state index in [9.17, 15) is 8.42 Å². The molecule has 2 fully saturated rings. The van der Waals surface area contributed by atoms with Gasteiger partial charge in [0.25, 0.3) is 0 Å².